The van der Waals surface area contributed by atoms with Crippen LogP contribution in [0.15, 0.2) is 30.3 Å². The molecule has 0 saturated heterocycles. The van der Waals surface area contributed by atoms with Gasteiger partial charge in [-0.15, -0.1) is 0 Å². The monoisotopic (exact) mass is 250 g/mol. The van der Waals surface area contributed by atoms with E-state index in [-0.39, 0.29) is 6.61 Å². The van der Waals surface area contributed by atoms with Crippen LogP contribution in [0.25, 0.3) is 6.08 Å². The Kier molecular flexibility index (Phi) is 5.44. The summed E-state index contributed by atoms with van der Waals surface area (Å²) >= 11 is 0. The van der Waals surface area contributed by atoms with Gasteiger partial charge in [0.1, 0.15) is 5.75 Å². The van der Waals surface area contributed by atoms with Gasteiger partial charge in [-0.05, 0) is 30.7 Å². The van der Waals surface area contributed by atoms with Crippen LogP contribution in [0.3, 0.4) is 0 Å². The Labute approximate surface area is 105 Å². The fourth-order valence-electron chi connectivity index (χ4n) is 1.14. The van der Waals surface area contributed by atoms with Crippen molar-refractivity contribution in [3.8, 4) is 5.75 Å². The first kappa shape index (κ1) is 13.8. The SMILES string of the molecule is CCOC(=O)OC(=O)/C=C/c1ccc(OC)cc1. The zero-order valence-corrected chi connectivity index (χ0v) is 10.2. The van der Waals surface area contributed by atoms with Gasteiger partial charge in [-0.2, -0.15) is 0 Å². The van der Waals surface area contributed by atoms with Gasteiger partial charge in [-0.3, -0.25) is 0 Å². The molecule has 0 unspecified atom stereocenters. The predicted molar refractivity (Wildman–Crippen MR) is 65.1 cm³/mol. The van der Waals surface area contributed by atoms with E-state index in [1.54, 1.807) is 38.3 Å². The molecule has 0 heterocycles. The van der Waals surface area contributed by atoms with Crippen molar-refractivity contribution >= 4 is 18.2 Å². The minimum atomic E-state index is -0.998. The van der Waals surface area contributed by atoms with Crippen molar-refractivity contribution in [2.45, 2.75) is 6.92 Å². The highest BCUT2D eigenvalue weighted by Gasteiger charge is 2.07. The van der Waals surface area contributed by atoms with Crippen LogP contribution in [-0.4, -0.2) is 25.8 Å². The maximum atomic E-state index is 11.2. The summed E-state index contributed by atoms with van der Waals surface area (Å²) in [6.07, 6.45) is 1.68. The summed E-state index contributed by atoms with van der Waals surface area (Å²) in [7, 11) is 1.57. The fourth-order valence-corrected chi connectivity index (χ4v) is 1.14. The van der Waals surface area contributed by atoms with Crippen LogP contribution in [0.5, 0.6) is 5.75 Å². The summed E-state index contributed by atoms with van der Waals surface area (Å²) in [5, 5.41) is 0. The highest BCUT2D eigenvalue weighted by atomic mass is 16.7. The quantitative estimate of drug-likeness (QED) is 0.466. The van der Waals surface area contributed by atoms with Crippen molar-refractivity contribution in [3.05, 3.63) is 35.9 Å². The molecule has 0 saturated carbocycles. The van der Waals surface area contributed by atoms with Gasteiger partial charge in [0.15, 0.2) is 0 Å². The molecule has 96 valence electrons. The molecule has 18 heavy (non-hydrogen) atoms. The van der Waals surface area contributed by atoms with E-state index in [9.17, 15) is 9.59 Å². The first-order chi connectivity index (χ1) is 8.65. The van der Waals surface area contributed by atoms with E-state index >= 15 is 0 Å². The number of methoxy groups -OCH3 is 1. The molecule has 5 nitrogen and oxygen atoms in total. The van der Waals surface area contributed by atoms with E-state index in [4.69, 9.17) is 4.74 Å². The molecule has 0 aromatic heterocycles. The molecule has 1 rings (SSSR count). The Morgan fingerprint density at radius 1 is 1.22 bits per heavy atom. The smallest absolute Gasteiger partial charge is 0.497 e. The molecule has 0 spiro atoms. The molecule has 5 heteroatoms. The molecule has 1 aromatic rings. The number of ether oxygens (including phenoxy) is 3. The molecular formula is C13H14O5. The standard InChI is InChI=1S/C13H14O5/c1-3-17-13(15)18-12(14)9-6-10-4-7-11(16-2)8-5-10/h4-9H,3H2,1-2H3/b9-6+. The number of rotatable bonds is 4. The zero-order valence-electron chi connectivity index (χ0n) is 10.2. The van der Waals surface area contributed by atoms with Gasteiger partial charge in [0.05, 0.1) is 13.7 Å². The van der Waals surface area contributed by atoms with Crippen molar-refractivity contribution < 1.29 is 23.8 Å². The number of carbonyl (C=O) groups excluding carboxylic acids is 2. The van der Waals surface area contributed by atoms with Crippen LogP contribution < -0.4 is 4.74 Å². The Morgan fingerprint density at radius 3 is 2.44 bits per heavy atom. The van der Waals surface area contributed by atoms with Gasteiger partial charge in [-0.1, -0.05) is 12.1 Å². The molecule has 0 aliphatic rings. The topological polar surface area (TPSA) is 61.8 Å². The van der Waals surface area contributed by atoms with Crippen molar-refractivity contribution in [2.24, 2.45) is 0 Å². The van der Waals surface area contributed by atoms with Crippen LogP contribution in [0.4, 0.5) is 4.79 Å². The van der Waals surface area contributed by atoms with Crippen molar-refractivity contribution in [3.63, 3.8) is 0 Å². The number of hydrogen-bond acceptors (Lipinski definition) is 5. The molecule has 0 amide bonds. The van der Waals surface area contributed by atoms with Crippen LogP contribution in [-0.2, 0) is 14.3 Å². The maximum Gasteiger partial charge on any atom is 0.516 e. The molecule has 0 atom stereocenters. The molecule has 0 radical (unpaired) electrons. The van der Waals surface area contributed by atoms with Crippen LogP contribution in [0.2, 0.25) is 0 Å². The summed E-state index contributed by atoms with van der Waals surface area (Å²) in [6.45, 7) is 1.78. The summed E-state index contributed by atoms with van der Waals surface area (Å²) in [5.74, 6) is -0.0504. The van der Waals surface area contributed by atoms with E-state index in [1.807, 2.05) is 0 Å². The second-order valence-electron chi connectivity index (χ2n) is 3.21. The van der Waals surface area contributed by atoms with Gasteiger partial charge >= 0.3 is 12.1 Å². The second kappa shape index (κ2) is 7.11. The lowest BCUT2D eigenvalue weighted by atomic mass is 10.2. The predicted octanol–water partition coefficient (Wildman–Crippen LogP) is 2.41. The highest BCUT2D eigenvalue weighted by Crippen LogP contribution is 2.12. The van der Waals surface area contributed by atoms with E-state index in [0.717, 1.165) is 17.4 Å². The molecule has 0 N–H and O–H groups in total. The van der Waals surface area contributed by atoms with Gasteiger partial charge in [0.2, 0.25) is 0 Å². The van der Waals surface area contributed by atoms with Crippen molar-refractivity contribution in [1.29, 1.82) is 0 Å². The molecule has 1 aromatic carbocycles. The third-order valence-corrected chi connectivity index (χ3v) is 1.97. The maximum absolute atomic E-state index is 11.2. The fraction of sp³-hybridized carbons (Fsp3) is 0.231. The van der Waals surface area contributed by atoms with Crippen LogP contribution >= 0.6 is 0 Å². The third-order valence-electron chi connectivity index (χ3n) is 1.97. The molecule has 0 aliphatic carbocycles. The zero-order chi connectivity index (χ0) is 13.4. The minimum absolute atomic E-state index is 0.161. The van der Waals surface area contributed by atoms with Crippen LogP contribution in [0.1, 0.15) is 12.5 Å². The first-order valence-corrected chi connectivity index (χ1v) is 5.36. The summed E-state index contributed by atoms with van der Waals surface area (Å²) < 4.78 is 13.8. The molecule has 0 aliphatic heterocycles. The normalized spacial score (nSPS) is 10.1. The highest BCUT2D eigenvalue weighted by molar-refractivity contribution is 5.93. The number of carbonyl (C=O) groups is 2. The average Bonchev–Trinajstić information content (AvgIpc) is 2.37. The van der Waals surface area contributed by atoms with Gasteiger partial charge in [0, 0.05) is 6.08 Å². The number of esters is 1. The van der Waals surface area contributed by atoms with E-state index < -0.39 is 12.1 Å². The average molecular weight is 250 g/mol. The second-order valence-corrected chi connectivity index (χ2v) is 3.21. The van der Waals surface area contributed by atoms with Gasteiger partial charge in [-0.25, -0.2) is 9.59 Å². The third kappa shape index (κ3) is 4.69. The summed E-state index contributed by atoms with van der Waals surface area (Å²) in [6, 6.07) is 7.06. The van der Waals surface area contributed by atoms with E-state index in [1.165, 1.54) is 6.08 Å². The van der Waals surface area contributed by atoms with Crippen molar-refractivity contribution in [2.75, 3.05) is 13.7 Å². The molecule has 0 fully saturated rings. The number of hydrogen-bond donors (Lipinski definition) is 0. The first-order valence-electron chi connectivity index (χ1n) is 5.36. The Bertz CT molecular complexity index is 433. The lowest BCUT2D eigenvalue weighted by molar-refractivity contribution is -0.134. The Balaban J connectivity index is 2.52. The minimum Gasteiger partial charge on any atom is -0.497 e. The lowest BCUT2D eigenvalue weighted by Gasteiger charge is -2.00. The summed E-state index contributed by atoms with van der Waals surface area (Å²) in [4.78, 5) is 22.0. The molecular weight excluding hydrogens is 236 g/mol. The summed E-state index contributed by atoms with van der Waals surface area (Å²) in [5.41, 5.74) is 0.789. The van der Waals surface area contributed by atoms with Gasteiger partial charge < -0.3 is 14.2 Å². The Morgan fingerprint density at radius 2 is 1.89 bits per heavy atom. The van der Waals surface area contributed by atoms with Gasteiger partial charge in [0.25, 0.3) is 0 Å². The molecule has 0 bridgehead atoms. The van der Waals surface area contributed by atoms with Crippen LogP contribution in [0, 0.1) is 0 Å². The number of benzene rings is 1. The lowest BCUT2D eigenvalue weighted by Crippen LogP contribution is -2.11. The van der Waals surface area contributed by atoms with E-state index in [0.29, 0.717) is 0 Å². The van der Waals surface area contributed by atoms with Crippen molar-refractivity contribution in [1.82, 2.24) is 0 Å². The Hall–Kier alpha value is -2.30. The van der Waals surface area contributed by atoms with E-state index in [2.05, 4.69) is 9.47 Å². The largest absolute Gasteiger partial charge is 0.516 e.